The van der Waals surface area contributed by atoms with Crippen molar-refractivity contribution in [1.29, 1.82) is 0 Å². The number of esters is 1. The molecule has 0 bridgehead atoms. The lowest BCUT2D eigenvalue weighted by Crippen LogP contribution is -2.44. The first-order valence-electron chi connectivity index (χ1n) is 11.9. The van der Waals surface area contributed by atoms with Crippen LogP contribution in [0.5, 0.6) is 0 Å². The summed E-state index contributed by atoms with van der Waals surface area (Å²) in [6, 6.07) is 15.4. The molecule has 0 aliphatic carbocycles. The maximum Gasteiger partial charge on any atom is 0.323 e. The molecule has 0 aliphatic rings. The highest BCUT2D eigenvalue weighted by atomic mass is 127. The van der Waals surface area contributed by atoms with Gasteiger partial charge in [0.15, 0.2) is 0 Å². The topological polar surface area (TPSA) is 122 Å². The third-order valence-electron chi connectivity index (χ3n) is 5.44. The molecular weight excluding hydrogens is 609 g/mol. The molecule has 1 atom stereocenters. The first-order valence-corrected chi connectivity index (χ1v) is 14.7. The van der Waals surface area contributed by atoms with Gasteiger partial charge >= 0.3 is 5.97 Å². The Bertz CT molecular complexity index is 1160. The maximum atomic E-state index is 13.0. The summed E-state index contributed by atoms with van der Waals surface area (Å²) in [6.07, 6.45) is 0.457. The van der Waals surface area contributed by atoms with Crippen LogP contribution in [0.25, 0.3) is 0 Å². The van der Waals surface area contributed by atoms with Gasteiger partial charge < -0.3 is 15.0 Å². The van der Waals surface area contributed by atoms with E-state index in [1.165, 1.54) is 12.0 Å². The highest BCUT2D eigenvalue weighted by Crippen LogP contribution is 2.12. The van der Waals surface area contributed by atoms with E-state index in [2.05, 4.69) is 32.6 Å². The maximum absolute atomic E-state index is 13.0. The average Bonchev–Trinajstić information content (AvgIpc) is 2.86. The minimum atomic E-state index is -3.80. The molecule has 2 aromatic carbocycles. The van der Waals surface area contributed by atoms with Gasteiger partial charge in [-0.25, -0.2) is 13.1 Å². The van der Waals surface area contributed by atoms with Crippen LogP contribution in [0.3, 0.4) is 0 Å². The lowest BCUT2D eigenvalue weighted by molar-refractivity contribution is -0.143. The van der Waals surface area contributed by atoms with Gasteiger partial charge in [0.25, 0.3) is 5.91 Å². The van der Waals surface area contributed by atoms with Crippen molar-refractivity contribution in [1.82, 2.24) is 14.9 Å². The zero-order chi connectivity index (χ0) is 27.4. The van der Waals surface area contributed by atoms with Crippen molar-refractivity contribution in [3.05, 3.63) is 69.3 Å². The fourth-order valence-electron chi connectivity index (χ4n) is 3.63. The van der Waals surface area contributed by atoms with E-state index in [9.17, 15) is 22.8 Å². The molecule has 0 radical (unpaired) electrons. The zero-order valence-corrected chi connectivity index (χ0v) is 24.3. The number of nitrogens with one attached hydrogen (secondary N) is 2. The number of hydrogen-bond acceptors (Lipinski definition) is 6. The van der Waals surface area contributed by atoms with E-state index in [1.54, 1.807) is 18.2 Å². The van der Waals surface area contributed by atoms with Crippen LogP contribution in [0.4, 0.5) is 0 Å². The third kappa shape index (κ3) is 10.8. The Morgan fingerprint density at radius 2 is 1.68 bits per heavy atom. The van der Waals surface area contributed by atoms with Crippen molar-refractivity contribution in [3.63, 3.8) is 0 Å². The summed E-state index contributed by atoms with van der Waals surface area (Å²) in [5.41, 5.74) is 1.35. The van der Waals surface area contributed by atoms with Crippen LogP contribution in [0, 0.1) is 9.49 Å². The molecule has 2 N–H and O–H groups in total. The lowest BCUT2D eigenvalue weighted by atomic mass is 10.1. The molecule has 0 heterocycles. The summed E-state index contributed by atoms with van der Waals surface area (Å²) in [6.45, 7) is 3.97. The monoisotopic (exact) mass is 643 g/mol. The van der Waals surface area contributed by atoms with E-state index >= 15 is 0 Å². The first-order chi connectivity index (χ1) is 17.5. The molecule has 11 heteroatoms. The minimum Gasteiger partial charge on any atom is -0.468 e. The summed E-state index contributed by atoms with van der Waals surface area (Å²) in [4.78, 5) is 39.1. The molecule has 1 unspecified atom stereocenters. The van der Waals surface area contributed by atoms with Gasteiger partial charge in [0.05, 0.1) is 25.0 Å². The number of ether oxygens (including phenoxy) is 1. The molecule has 37 heavy (non-hydrogen) atoms. The molecule has 2 amide bonds. The molecule has 9 nitrogen and oxygen atoms in total. The number of rotatable bonds is 14. The quantitative estimate of drug-likeness (QED) is 0.241. The second-order valence-electron chi connectivity index (χ2n) is 8.96. The van der Waals surface area contributed by atoms with Gasteiger partial charge in [-0.05, 0) is 59.0 Å². The molecule has 0 aromatic heterocycles. The molecule has 0 spiro atoms. The fourth-order valence-corrected chi connectivity index (χ4v) is 5.52. The molecule has 0 saturated carbocycles. The number of carbonyl (C=O) groups excluding carboxylic acids is 3. The Hall–Kier alpha value is -2.51. The minimum absolute atomic E-state index is 0.0835. The molecule has 2 aromatic rings. The van der Waals surface area contributed by atoms with Crippen LogP contribution in [0.15, 0.2) is 54.6 Å². The van der Waals surface area contributed by atoms with Crippen LogP contribution in [0.2, 0.25) is 0 Å². The standard InChI is InChI=1S/C26H34IN3O6S/c1-19(2)16-23(26(33)36-3)29-37(34,35)15-9-14-30(18-20-10-5-4-6-11-20)24(31)17-28-25(32)21-12-7-8-13-22(21)27/h4-8,10-13,19,23,29H,9,14-18H2,1-3H3,(H,28,32). The molecule has 2 rings (SSSR count). The third-order valence-corrected chi connectivity index (χ3v) is 7.85. The van der Waals surface area contributed by atoms with Crippen molar-refractivity contribution in [2.75, 3.05) is 26.0 Å². The van der Waals surface area contributed by atoms with Crippen LogP contribution in [-0.2, 0) is 30.9 Å². The number of sulfonamides is 1. The molecule has 0 saturated heterocycles. The number of benzene rings is 2. The smallest absolute Gasteiger partial charge is 0.323 e. The lowest BCUT2D eigenvalue weighted by Gasteiger charge is -2.24. The Morgan fingerprint density at radius 1 is 1.03 bits per heavy atom. The van der Waals surface area contributed by atoms with Crippen molar-refractivity contribution >= 4 is 50.4 Å². The largest absolute Gasteiger partial charge is 0.468 e. The number of methoxy groups -OCH3 is 1. The number of nitrogens with zero attached hydrogens (tertiary/aromatic N) is 1. The van der Waals surface area contributed by atoms with Crippen LogP contribution in [-0.4, -0.2) is 63.1 Å². The Kier molecular flexibility index (Phi) is 12.5. The van der Waals surface area contributed by atoms with Crippen molar-refractivity contribution in [3.8, 4) is 0 Å². The summed E-state index contributed by atoms with van der Waals surface area (Å²) >= 11 is 2.06. The van der Waals surface area contributed by atoms with Crippen molar-refractivity contribution < 1.29 is 27.5 Å². The number of carbonyl (C=O) groups is 3. The van der Waals surface area contributed by atoms with Gasteiger partial charge in [-0.2, -0.15) is 0 Å². The van der Waals surface area contributed by atoms with Gasteiger partial charge in [0.1, 0.15) is 6.04 Å². The van der Waals surface area contributed by atoms with Crippen LogP contribution >= 0.6 is 22.6 Å². The molecule has 0 aliphatic heterocycles. The van der Waals surface area contributed by atoms with E-state index in [-0.39, 0.29) is 49.5 Å². The summed E-state index contributed by atoms with van der Waals surface area (Å²) < 4.78 is 33.3. The second kappa shape index (κ2) is 15.0. The summed E-state index contributed by atoms with van der Waals surface area (Å²) in [5, 5.41) is 2.66. The Morgan fingerprint density at radius 3 is 2.30 bits per heavy atom. The second-order valence-corrected chi connectivity index (χ2v) is 12.0. The van der Waals surface area contributed by atoms with Crippen LogP contribution < -0.4 is 10.0 Å². The number of hydrogen-bond donors (Lipinski definition) is 2. The van der Waals surface area contributed by atoms with Gasteiger partial charge in [-0.15, -0.1) is 0 Å². The Balaban J connectivity index is 2.03. The summed E-state index contributed by atoms with van der Waals surface area (Å²) in [5.74, 6) is -1.52. The van der Waals surface area contributed by atoms with Gasteiger partial charge in [-0.3, -0.25) is 14.4 Å². The van der Waals surface area contributed by atoms with E-state index in [4.69, 9.17) is 4.74 Å². The van der Waals surface area contributed by atoms with E-state index in [0.717, 1.165) is 9.13 Å². The summed E-state index contributed by atoms with van der Waals surface area (Å²) in [7, 11) is -2.58. The normalized spacial score (nSPS) is 12.1. The molecule has 0 fully saturated rings. The van der Waals surface area contributed by atoms with Crippen molar-refractivity contribution in [2.45, 2.75) is 39.3 Å². The first kappa shape index (κ1) is 30.7. The predicted octanol–water partition coefficient (Wildman–Crippen LogP) is 2.95. The zero-order valence-electron chi connectivity index (χ0n) is 21.3. The highest BCUT2D eigenvalue weighted by molar-refractivity contribution is 14.1. The molecule has 202 valence electrons. The molecular formula is C26H34IN3O6S. The van der Waals surface area contributed by atoms with Crippen molar-refractivity contribution in [2.24, 2.45) is 5.92 Å². The van der Waals surface area contributed by atoms with E-state index < -0.39 is 22.0 Å². The van der Waals surface area contributed by atoms with Gasteiger partial charge in [-0.1, -0.05) is 56.3 Å². The van der Waals surface area contributed by atoms with Crippen LogP contribution in [0.1, 0.15) is 42.6 Å². The van der Waals surface area contributed by atoms with E-state index in [0.29, 0.717) is 12.0 Å². The SMILES string of the molecule is COC(=O)C(CC(C)C)NS(=O)(=O)CCCN(Cc1ccccc1)C(=O)CNC(=O)c1ccccc1I. The number of halogens is 1. The highest BCUT2D eigenvalue weighted by Gasteiger charge is 2.26. The number of amides is 2. The van der Waals surface area contributed by atoms with E-state index in [1.807, 2.05) is 50.2 Å². The average molecular weight is 644 g/mol. The van der Waals surface area contributed by atoms with Gasteiger partial charge in [0, 0.05) is 16.7 Å². The predicted molar refractivity (Wildman–Crippen MR) is 150 cm³/mol. The Labute approximate surface area is 232 Å². The van der Waals surface area contributed by atoms with Gasteiger partial charge in [0.2, 0.25) is 15.9 Å². The fraction of sp³-hybridized carbons (Fsp3) is 0.423.